The van der Waals surface area contributed by atoms with Crippen molar-refractivity contribution in [1.29, 1.82) is 5.26 Å². The Hall–Kier alpha value is -1.95. The summed E-state index contributed by atoms with van der Waals surface area (Å²) >= 11 is 0. The van der Waals surface area contributed by atoms with Crippen LogP contribution >= 0.6 is 0 Å². The van der Waals surface area contributed by atoms with E-state index in [0.29, 0.717) is 29.4 Å². The van der Waals surface area contributed by atoms with Gasteiger partial charge in [-0.05, 0) is 45.1 Å². The van der Waals surface area contributed by atoms with E-state index < -0.39 is 13.9 Å². The van der Waals surface area contributed by atoms with Crippen LogP contribution in [0.1, 0.15) is 18.5 Å². The number of likely N-dealkylation sites (tertiary alicyclic amines) is 1. The van der Waals surface area contributed by atoms with E-state index in [1.807, 2.05) is 6.07 Å². The molecule has 0 saturated carbocycles. The zero-order chi connectivity index (χ0) is 20.3. The van der Waals surface area contributed by atoms with Gasteiger partial charge in [-0.15, -0.1) is 0 Å². The Labute approximate surface area is 167 Å². The van der Waals surface area contributed by atoms with E-state index in [1.165, 1.54) is 0 Å². The highest BCUT2D eigenvalue weighted by Gasteiger charge is 2.21. The molecule has 6 nitrogen and oxygen atoms in total. The van der Waals surface area contributed by atoms with Crippen LogP contribution in [-0.2, 0) is 11.5 Å². The van der Waals surface area contributed by atoms with Gasteiger partial charge in [-0.25, -0.2) is 9.37 Å². The molecule has 0 spiro atoms. The standard InChI is InChI=1S/C20H30FN5OSi/c1-25-7-5-15(6-8-25)24-19-11-16-18(13-23-19)26(17(12-22)20(16)21)14-27-9-10-28(2,3)4/h11,13,15H,5-10,14H2,1-4H3,(H,23,24). The number of anilines is 1. The molecule has 2 aromatic rings. The Balaban J connectivity index is 1.76. The van der Waals surface area contributed by atoms with Crippen molar-refractivity contribution in [1.82, 2.24) is 14.5 Å². The highest BCUT2D eigenvalue weighted by molar-refractivity contribution is 6.76. The summed E-state index contributed by atoms with van der Waals surface area (Å²) in [5.41, 5.74) is 0.595. The lowest BCUT2D eigenvalue weighted by molar-refractivity contribution is 0.0893. The molecule has 0 bridgehead atoms. The first kappa shape index (κ1) is 20.8. The predicted octanol–water partition coefficient (Wildman–Crippen LogP) is 3.87. The summed E-state index contributed by atoms with van der Waals surface area (Å²) in [6, 6.07) is 5.06. The average Bonchev–Trinajstić information content (AvgIpc) is 2.91. The SMILES string of the molecule is CN1CCC(Nc2cc3c(F)c(C#N)n(COCC[Si](C)(C)C)c3cn2)CC1. The van der Waals surface area contributed by atoms with Gasteiger partial charge in [0.25, 0.3) is 0 Å². The zero-order valence-corrected chi connectivity index (χ0v) is 18.3. The molecule has 1 aliphatic rings. The van der Waals surface area contributed by atoms with Crippen LogP contribution in [0.25, 0.3) is 10.9 Å². The molecule has 1 N–H and O–H groups in total. The Morgan fingerprint density at radius 1 is 1.36 bits per heavy atom. The number of hydrogen-bond acceptors (Lipinski definition) is 5. The molecule has 0 atom stereocenters. The number of aromatic nitrogens is 2. The van der Waals surface area contributed by atoms with Crippen molar-refractivity contribution in [2.24, 2.45) is 0 Å². The maximum Gasteiger partial charge on any atom is 0.167 e. The van der Waals surface area contributed by atoms with Crippen LogP contribution < -0.4 is 5.32 Å². The van der Waals surface area contributed by atoms with Gasteiger partial charge in [0.1, 0.15) is 18.6 Å². The molecule has 1 saturated heterocycles. The third-order valence-electron chi connectivity index (χ3n) is 5.28. The Kier molecular flexibility index (Phi) is 6.38. The number of hydrogen-bond donors (Lipinski definition) is 1. The highest BCUT2D eigenvalue weighted by atomic mass is 28.3. The van der Waals surface area contributed by atoms with E-state index in [-0.39, 0.29) is 12.4 Å². The summed E-state index contributed by atoms with van der Waals surface area (Å²) in [6.45, 7) is 9.71. The van der Waals surface area contributed by atoms with Crippen LogP contribution in [-0.4, -0.2) is 55.3 Å². The second-order valence-electron chi connectivity index (χ2n) is 8.86. The van der Waals surface area contributed by atoms with Gasteiger partial charge < -0.3 is 19.5 Å². The minimum absolute atomic E-state index is 0.00115. The first-order valence-electron chi connectivity index (χ1n) is 9.89. The van der Waals surface area contributed by atoms with Gasteiger partial charge in [0.15, 0.2) is 11.5 Å². The molecule has 28 heavy (non-hydrogen) atoms. The Morgan fingerprint density at radius 3 is 2.71 bits per heavy atom. The van der Waals surface area contributed by atoms with Crippen molar-refractivity contribution in [2.75, 3.05) is 32.1 Å². The van der Waals surface area contributed by atoms with Crippen LogP contribution in [0.5, 0.6) is 0 Å². The summed E-state index contributed by atoms with van der Waals surface area (Å²) in [6.07, 6.45) is 3.71. The third kappa shape index (κ3) is 4.90. The number of halogens is 1. The van der Waals surface area contributed by atoms with Gasteiger partial charge in [0.2, 0.25) is 0 Å². The van der Waals surface area contributed by atoms with Gasteiger partial charge in [0.05, 0.1) is 11.7 Å². The molecule has 2 aromatic heterocycles. The van der Waals surface area contributed by atoms with Crippen molar-refractivity contribution in [3.63, 3.8) is 0 Å². The van der Waals surface area contributed by atoms with E-state index in [4.69, 9.17) is 4.74 Å². The number of pyridine rings is 1. The fraction of sp³-hybridized carbons (Fsp3) is 0.600. The second kappa shape index (κ2) is 8.60. The molecule has 1 aliphatic heterocycles. The predicted molar refractivity (Wildman–Crippen MR) is 113 cm³/mol. The maximum atomic E-state index is 14.8. The van der Waals surface area contributed by atoms with E-state index in [0.717, 1.165) is 32.0 Å². The van der Waals surface area contributed by atoms with Crippen LogP contribution in [0, 0.1) is 17.1 Å². The second-order valence-corrected chi connectivity index (χ2v) is 14.5. The molecule has 0 aliphatic carbocycles. The largest absolute Gasteiger partial charge is 0.367 e. The van der Waals surface area contributed by atoms with Crippen molar-refractivity contribution in [3.05, 3.63) is 23.8 Å². The summed E-state index contributed by atoms with van der Waals surface area (Å²) in [4.78, 5) is 6.77. The number of fused-ring (bicyclic) bond motifs is 1. The van der Waals surface area contributed by atoms with Gasteiger partial charge in [0, 0.05) is 26.1 Å². The third-order valence-corrected chi connectivity index (χ3v) is 6.99. The van der Waals surface area contributed by atoms with Crippen molar-refractivity contribution < 1.29 is 9.13 Å². The first-order valence-corrected chi connectivity index (χ1v) is 13.6. The number of rotatable bonds is 7. The summed E-state index contributed by atoms with van der Waals surface area (Å²) < 4.78 is 22.2. The number of nitrogens with zero attached hydrogens (tertiary/aromatic N) is 4. The quantitative estimate of drug-likeness (QED) is 0.562. The summed E-state index contributed by atoms with van der Waals surface area (Å²) in [5, 5.41) is 13.3. The Bertz CT molecular complexity index is 862. The Morgan fingerprint density at radius 2 is 2.07 bits per heavy atom. The van der Waals surface area contributed by atoms with E-state index >= 15 is 0 Å². The van der Waals surface area contributed by atoms with Crippen LogP contribution in [0.4, 0.5) is 10.2 Å². The van der Waals surface area contributed by atoms with Crippen molar-refractivity contribution in [3.8, 4) is 6.07 Å². The maximum absolute atomic E-state index is 14.8. The monoisotopic (exact) mass is 403 g/mol. The van der Waals surface area contributed by atoms with Crippen molar-refractivity contribution >= 4 is 24.8 Å². The van der Waals surface area contributed by atoms with E-state index in [2.05, 4.69) is 41.9 Å². The number of nitrogens with one attached hydrogen (secondary N) is 1. The molecule has 3 rings (SSSR count). The fourth-order valence-electron chi connectivity index (χ4n) is 3.42. The smallest absolute Gasteiger partial charge is 0.167 e. The molecule has 1 fully saturated rings. The van der Waals surface area contributed by atoms with Crippen molar-refractivity contribution in [2.45, 2.75) is 51.3 Å². The molecule has 3 heterocycles. The normalized spacial score (nSPS) is 16.4. The molecule has 0 aromatic carbocycles. The average molecular weight is 404 g/mol. The number of ether oxygens (including phenoxy) is 1. The molecular formula is C20H30FN5OSi. The molecule has 0 radical (unpaired) electrons. The van der Waals surface area contributed by atoms with Gasteiger partial charge in [-0.2, -0.15) is 5.26 Å². The minimum atomic E-state index is -1.20. The number of piperidine rings is 1. The van der Waals surface area contributed by atoms with Gasteiger partial charge >= 0.3 is 0 Å². The van der Waals surface area contributed by atoms with Crippen LogP contribution in [0.2, 0.25) is 25.7 Å². The topological polar surface area (TPSA) is 66.1 Å². The number of nitriles is 1. The highest BCUT2D eigenvalue weighted by Crippen LogP contribution is 2.27. The minimum Gasteiger partial charge on any atom is -0.367 e. The summed E-state index contributed by atoms with van der Waals surface area (Å²) in [7, 11) is 0.923. The first-order chi connectivity index (χ1) is 13.3. The van der Waals surface area contributed by atoms with E-state index in [9.17, 15) is 9.65 Å². The molecule has 8 heteroatoms. The lowest BCUT2D eigenvalue weighted by Gasteiger charge is -2.29. The lowest BCUT2D eigenvalue weighted by Crippen LogP contribution is -2.36. The van der Waals surface area contributed by atoms with Gasteiger partial charge in [-0.1, -0.05) is 19.6 Å². The van der Waals surface area contributed by atoms with Crippen LogP contribution in [0.15, 0.2) is 12.3 Å². The molecular weight excluding hydrogens is 373 g/mol. The van der Waals surface area contributed by atoms with Gasteiger partial charge in [-0.3, -0.25) is 0 Å². The molecule has 0 unspecified atom stereocenters. The lowest BCUT2D eigenvalue weighted by atomic mass is 10.1. The molecule has 0 amide bonds. The summed E-state index contributed by atoms with van der Waals surface area (Å²) in [5.74, 6) is 0.155. The van der Waals surface area contributed by atoms with E-state index in [1.54, 1.807) is 16.8 Å². The van der Waals surface area contributed by atoms with Crippen LogP contribution in [0.3, 0.4) is 0 Å². The fourth-order valence-corrected chi connectivity index (χ4v) is 4.18. The molecule has 152 valence electrons. The zero-order valence-electron chi connectivity index (χ0n) is 17.3.